The summed E-state index contributed by atoms with van der Waals surface area (Å²) in [7, 11) is 0. The molecule has 0 radical (unpaired) electrons. The van der Waals surface area contributed by atoms with Gasteiger partial charge in [-0.3, -0.25) is 0 Å². The summed E-state index contributed by atoms with van der Waals surface area (Å²) in [5.74, 6) is 1.37. The summed E-state index contributed by atoms with van der Waals surface area (Å²) < 4.78 is 0. The van der Waals surface area contributed by atoms with Crippen molar-refractivity contribution in [1.82, 2.24) is 15.3 Å². The molecule has 0 atom stereocenters. The number of aliphatic imine (C=N–C) groups is 1. The van der Waals surface area contributed by atoms with Gasteiger partial charge in [0.1, 0.15) is 0 Å². The molecule has 3 N–H and O–H groups in total. The molecule has 1 saturated carbocycles. The summed E-state index contributed by atoms with van der Waals surface area (Å²) in [4.78, 5) is 15.9. The summed E-state index contributed by atoms with van der Waals surface area (Å²) in [6.07, 6.45) is 7.42. The molecule has 128 valence electrons. The summed E-state index contributed by atoms with van der Waals surface area (Å²) >= 11 is 0. The molecule has 6 nitrogen and oxygen atoms in total. The van der Waals surface area contributed by atoms with Gasteiger partial charge in [0.15, 0.2) is 5.96 Å². The Morgan fingerprint density at radius 3 is 2.65 bits per heavy atom. The van der Waals surface area contributed by atoms with Crippen molar-refractivity contribution < 1.29 is 0 Å². The first-order valence-corrected chi connectivity index (χ1v) is 8.37. The molecule has 23 heavy (non-hydrogen) atoms. The van der Waals surface area contributed by atoms with E-state index < -0.39 is 0 Å². The van der Waals surface area contributed by atoms with E-state index in [1.807, 2.05) is 13.0 Å². The maximum atomic E-state index is 5.98. The first-order valence-electron chi connectivity index (χ1n) is 8.37. The zero-order valence-electron chi connectivity index (χ0n) is 13.8. The highest BCUT2D eigenvalue weighted by molar-refractivity contribution is 14.0. The zero-order chi connectivity index (χ0) is 15.4. The molecule has 0 bridgehead atoms. The minimum absolute atomic E-state index is 0. The Morgan fingerprint density at radius 2 is 1.96 bits per heavy atom. The van der Waals surface area contributed by atoms with Crippen molar-refractivity contribution in [3.8, 4) is 0 Å². The van der Waals surface area contributed by atoms with E-state index in [1.54, 1.807) is 0 Å². The van der Waals surface area contributed by atoms with Crippen molar-refractivity contribution in [3.05, 3.63) is 17.5 Å². The Bertz CT molecular complexity index is 535. The Hall–Kier alpha value is -1.12. The van der Waals surface area contributed by atoms with Crippen LogP contribution in [0.4, 0.5) is 5.95 Å². The molecule has 2 aliphatic rings. The van der Waals surface area contributed by atoms with E-state index in [4.69, 9.17) is 5.73 Å². The van der Waals surface area contributed by atoms with Crippen LogP contribution in [-0.4, -0.2) is 35.1 Å². The molecular weight excluding hydrogens is 403 g/mol. The van der Waals surface area contributed by atoms with Crippen LogP contribution in [0.3, 0.4) is 0 Å². The van der Waals surface area contributed by atoms with E-state index >= 15 is 0 Å². The van der Waals surface area contributed by atoms with Crippen molar-refractivity contribution in [1.29, 1.82) is 0 Å². The predicted octanol–water partition coefficient (Wildman–Crippen LogP) is 2.35. The van der Waals surface area contributed by atoms with Gasteiger partial charge in [-0.1, -0.05) is 12.8 Å². The normalized spacial score (nSPS) is 19.0. The lowest BCUT2D eigenvalue weighted by Gasteiger charge is -2.16. The standard InChI is InChI=1S/C16H26N6.HI/c1-12-10-14(21-16(19-12)22-8-4-5-9-22)11-18-15(17)20-13-6-2-3-7-13;/h10,13H,2-9,11H2,1H3,(H3,17,18,20);1H. The number of aryl methyl sites for hydroxylation is 1. The van der Waals surface area contributed by atoms with Crippen LogP contribution < -0.4 is 16.0 Å². The molecule has 1 aliphatic carbocycles. The highest BCUT2D eigenvalue weighted by Crippen LogP contribution is 2.18. The Morgan fingerprint density at radius 1 is 1.26 bits per heavy atom. The average Bonchev–Trinajstić information content (AvgIpc) is 3.18. The summed E-state index contributed by atoms with van der Waals surface area (Å²) in [5.41, 5.74) is 7.91. The van der Waals surface area contributed by atoms with Crippen molar-refractivity contribution >= 4 is 35.9 Å². The highest BCUT2D eigenvalue weighted by atomic mass is 127. The third-order valence-corrected chi connectivity index (χ3v) is 4.40. The van der Waals surface area contributed by atoms with Crippen molar-refractivity contribution in [2.75, 3.05) is 18.0 Å². The predicted molar refractivity (Wildman–Crippen MR) is 104 cm³/mol. The molecule has 2 heterocycles. The molecule has 1 aromatic rings. The van der Waals surface area contributed by atoms with Crippen molar-refractivity contribution in [3.63, 3.8) is 0 Å². The van der Waals surface area contributed by atoms with Gasteiger partial charge in [-0.15, -0.1) is 24.0 Å². The van der Waals surface area contributed by atoms with Gasteiger partial charge in [-0.25, -0.2) is 15.0 Å². The largest absolute Gasteiger partial charge is 0.370 e. The first-order chi connectivity index (χ1) is 10.7. The van der Waals surface area contributed by atoms with Gasteiger partial charge < -0.3 is 16.0 Å². The number of hydrogen-bond acceptors (Lipinski definition) is 4. The lowest BCUT2D eigenvalue weighted by Crippen LogP contribution is -2.38. The van der Waals surface area contributed by atoms with Gasteiger partial charge in [-0.2, -0.15) is 0 Å². The molecular formula is C16H27IN6. The summed E-state index contributed by atoms with van der Waals surface area (Å²) in [6, 6.07) is 2.49. The molecule has 1 aliphatic heterocycles. The number of nitrogens with zero attached hydrogens (tertiary/aromatic N) is 4. The monoisotopic (exact) mass is 430 g/mol. The van der Waals surface area contributed by atoms with E-state index in [9.17, 15) is 0 Å². The van der Waals surface area contributed by atoms with E-state index in [-0.39, 0.29) is 24.0 Å². The summed E-state index contributed by atoms with van der Waals surface area (Å²) in [6.45, 7) is 4.62. The van der Waals surface area contributed by atoms with Crippen molar-refractivity contribution in [2.45, 2.75) is 58.0 Å². The van der Waals surface area contributed by atoms with Crippen LogP contribution in [0.15, 0.2) is 11.1 Å². The number of aromatic nitrogens is 2. The smallest absolute Gasteiger partial charge is 0.225 e. The molecule has 1 saturated heterocycles. The number of hydrogen-bond donors (Lipinski definition) is 2. The van der Waals surface area contributed by atoms with Crippen LogP contribution in [0.1, 0.15) is 49.9 Å². The second-order valence-corrected chi connectivity index (χ2v) is 6.32. The third-order valence-electron chi connectivity index (χ3n) is 4.40. The van der Waals surface area contributed by atoms with Crippen LogP contribution in [-0.2, 0) is 6.54 Å². The minimum atomic E-state index is 0. The van der Waals surface area contributed by atoms with Crippen LogP contribution in [0.25, 0.3) is 0 Å². The molecule has 0 spiro atoms. The van der Waals surface area contributed by atoms with E-state index in [1.165, 1.54) is 38.5 Å². The number of anilines is 1. The lowest BCUT2D eigenvalue weighted by molar-refractivity contribution is 0.625. The third kappa shape index (κ3) is 5.19. The molecule has 7 heteroatoms. The lowest BCUT2D eigenvalue weighted by atomic mass is 10.2. The maximum Gasteiger partial charge on any atom is 0.225 e. The SMILES string of the molecule is Cc1cc(CN=C(N)NC2CCCC2)nc(N2CCCC2)n1.I. The van der Waals surface area contributed by atoms with Crippen LogP contribution in [0.2, 0.25) is 0 Å². The topological polar surface area (TPSA) is 79.4 Å². The number of nitrogens with one attached hydrogen (secondary N) is 1. The number of rotatable bonds is 4. The fourth-order valence-electron chi connectivity index (χ4n) is 3.25. The van der Waals surface area contributed by atoms with E-state index in [0.717, 1.165) is 30.4 Å². The second-order valence-electron chi connectivity index (χ2n) is 6.32. The molecule has 3 rings (SSSR count). The van der Waals surface area contributed by atoms with Crippen LogP contribution in [0.5, 0.6) is 0 Å². The van der Waals surface area contributed by atoms with Crippen LogP contribution >= 0.6 is 24.0 Å². The quantitative estimate of drug-likeness (QED) is 0.436. The van der Waals surface area contributed by atoms with Gasteiger partial charge in [0.25, 0.3) is 0 Å². The molecule has 1 aromatic heterocycles. The second kappa shape index (κ2) is 8.65. The molecule has 0 amide bonds. The van der Waals surface area contributed by atoms with E-state index in [2.05, 4.69) is 25.2 Å². The van der Waals surface area contributed by atoms with E-state index in [0.29, 0.717) is 18.5 Å². The van der Waals surface area contributed by atoms with Gasteiger partial charge in [0.05, 0.1) is 12.2 Å². The zero-order valence-corrected chi connectivity index (χ0v) is 16.1. The Labute approximate surface area is 155 Å². The number of guanidine groups is 1. The fraction of sp³-hybridized carbons (Fsp3) is 0.688. The maximum absolute atomic E-state index is 5.98. The molecule has 0 aromatic carbocycles. The average molecular weight is 430 g/mol. The van der Waals surface area contributed by atoms with Crippen LogP contribution in [0, 0.1) is 6.92 Å². The van der Waals surface area contributed by atoms with Gasteiger partial charge in [0, 0.05) is 24.8 Å². The van der Waals surface area contributed by atoms with Crippen molar-refractivity contribution in [2.24, 2.45) is 10.7 Å². The number of nitrogens with two attached hydrogens (primary N) is 1. The van der Waals surface area contributed by atoms with Gasteiger partial charge in [0.2, 0.25) is 5.95 Å². The Kier molecular flexibility index (Phi) is 6.86. The molecule has 2 fully saturated rings. The van der Waals surface area contributed by atoms with Gasteiger partial charge in [-0.05, 0) is 38.7 Å². The first kappa shape index (κ1) is 18.2. The summed E-state index contributed by atoms with van der Waals surface area (Å²) in [5, 5.41) is 3.31. The fourth-order valence-corrected chi connectivity index (χ4v) is 3.25. The highest BCUT2D eigenvalue weighted by Gasteiger charge is 2.16. The Balaban J connectivity index is 0.00000192. The van der Waals surface area contributed by atoms with Gasteiger partial charge >= 0.3 is 0 Å². The molecule has 0 unspecified atom stereocenters. The minimum Gasteiger partial charge on any atom is -0.370 e. The number of halogens is 1.